The smallest absolute Gasteiger partial charge is 0.323 e. The lowest BCUT2D eigenvalue weighted by atomic mass is 9.92. The Morgan fingerprint density at radius 3 is 2.68 bits per heavy atom. The van der Waals surface area contributed by atoms with Crippen molar-refractivity contribution in [3.63, 3.8) is 0 Å². The molecule has 1 aliphatic carbocycles. The van der Waals surface area contributed by atoms with Crippen LogP contribution >= 0.6 is 11.6 Å². The zero-order chi connectivity index (χ0) is 21.6. The monoisotopic (exact) mass is 434 g/mol. The Labute approximate surface area is 183 Å². The summed E-state index contributed by atoms with van der Waals surface area (Å²) in [5.74, 6) is -0.859. The number of benzene rings is 2. The zero-order valence-corrected chi connectivity index (χ0v) is 17.2. The number of fused-ring (bicyclic) bond motifs is 2. The number of carbonyl (C=O) groups excluding carboxylic acids is 3. The minimum absolute atomic E-state index is 0.373. The van der Waals surface area contributed by atoms with E-state index < -0.39 is 17.5 Å². The Kier molecular flexibility index (Phi) is 4.55. The van der Waals surface area contributed by atoms with Gasteiger partial charge in [0.05, 0.1) is 11.4 Å². The van der Waals surface area contributed by atoms with Gasteiger partial charge in [0.1, 0.15) is 12.1 Å². The number of aryl methyl sites for hydroxylation is 1. The molecule has 0 bridgehead atoms. The molecule has 1 atom stereocenters. The number of amides is 4. The van der Waals surface area contributed by atoms with E-state index >= 15 is 0 Å². The number of rotatable bonds is 4. The van der Waals surface area contributed by atoms with Gasteiger partial charge in [-0.1, -0.05) is 35.9 Å². The Morgan fingerprint density at radius 1 is 1.10 bits per heavy atom. The topological polar surface area (TPSA) is 83.4 Å². The van der Waals surface area contributed by atoms with E-state index in [1.165, 1.54) is 0 Å². The lowest BCUT2D eigenvalue weighted by Crippen LogP contribution is -2.43. The van der Waals surface area contributed by atoms with Crippen molar-refractivity contribution >= 4 is 35.1 Å². The SMILES string of the molecule is O=C(CN1C(=O)NC2(CCc3ccccc32)C1=O)Nc1ccc(Cl)cc1-n1cccc1. The molecule has 4 amide bonds. The molecule has 1 aliphatic heterocycles. The predicted molar refractivity (Wildman–Crippen MR) is 116 cm³/mol. The summed E-state index contributed by atoms with van der Waals surface area (Å²) in [5.41, 5.74) is 1.98. The van der Waals surface area contributed by atoms with E-state index in [2.05, 4.69) is 10.6 Å². The first-order chi connectivity index (χ1) is 15.0. The van der Waals surface area contributed by atoms with Crippen LogP contribution in [0.15, 0.2) is 67.0 Å². The summed E-state index contributed by atoms with van der Waals surface area (Å²) in [6, 6.07) is 15.8. The third-order valence-corrected chi connectivity index (χ3v) is 6.08. The van der Waals surface area contributed by atoms with Crippen molar-refractivity contribution in [3.8, 4) is 5.69 Å². The number of halogens is 1. The molecular formula is C23H19ClN4O3. The highest BCUT2D eigenvalue weighted by atomic mass is 35.5. The zero-order valence-electron chi connectivity index (χ0n) is 16.5. The van der Waals surface area contributed by atoms with E-state index in [0.29, 0.717) is 29.2 Å². The second-order valence-electron chi connectivity index (χ2n) is 7.68. The summed E-state index contributed by atoms with van der Waals surface area (Å²) < 4.78 is 1.82. The first kappa shape index (κ1) is 19.4. The minimum Gasteiger partial charge on any atom is -0.323 e. The van der Waals surface area contributed by atoms with Gasteiger partial charge in [-0.2, -0.15) is 0 Å². The molecular weight excluding hydrogens is 416 g/mol. The van der Waals surface area contributed by atoms with Crippen LogP contribution in [0, 0.1) is 0 Å². The number of imide groups is 1. The fraction of sp³-hybridized carbons (Fsp3) is 0.174. The van der Waals surface area contributed by atoms with Gasteiger partial charge in [-0.25, -0.2) is 4.79 Å². The maximum absolute atomic E-state index is 13.2. The average Bonchev–Trinajstić information content (AvgIpc) is 3.47. The van der Waals surface area contributed by atoms with Gasteiger partial charge in [0, 0.05) is 17.4 Å². The van der Waals surface area contributed by atoms with Crippen LogP contribution in [-0.2, 0) is 21.5 Å². The van der Waals surface area contributed by atoms with E-state index in [9.17, 15) is 14.4 Å². The predicted octanol–water partition coefficient (Wildman–Crippen LogP) is 3.46. The second-order valence-corrected chi connectivity index (χ2v) is 8.12. The maximum Gasteiger partial charge on any atom is 0.325 e. The molecule has 2 aliphatic rings. The Hall–Kier alpha value is -3.58. The third-order valence-electron chi connectivity index (χ3n) is 5.84. The summed E-state index contributed by atoms with van der Waals surface area (Å²) in [6.07, 6.45) is 4.86. The fourth-order valence-corrected chi connectivity index (χ4v) is 4.55. The van der Waals surface area contributed by atoms with Crippen LogP contribution in [0.2, 0.25) is 5.02 Å². The van der Waals surface area contributed by atoms with Crippen molar-refractivity contribution in [2.45, 2.75) is 18.4 Å². The van der Waals surface area contributed by atoms with Gasteiger partial charge in [0.15, 0.2) is 0 Å². The molecule has 8 heteroatoms. The van der Waals surface area contributed by atoms with Crippen molar-refractivity contribution in [1.29, 1.82) is 0 Å². The van der Waals surface area contributed by atoms with Crippen LogP contribution in [0.25, 0.3) is 5.69 Å². The number of anilines is 1. The van der Waals surface area contributed by atoms with Gasteiger partial charge in [-0.05, 0) is 54.3 Å². The summed E-state index contributed by atoms with van der Waals surface area (Å²) >= 11 is 6.12. The molecule has 1 spiro atoms. The standard InChI is InChI=1S/C23H19ClN4O3/c24-16-7-8-18(19(13-16)27-11-3-4-12-27)25-20(29)14-28-21(30)23(26-22(28)31)10-9-15-5-1-2-6-17(15)23/h1-8,11-13H,9-10,14H2,(H,25,29)(H,26,31). The Bertz CT molecular complexity index is 1210. The van der Waals surface area contributed by atoms with Crippen LogP contribution in [0.4, 0.5) is 10.5 Å². The average molecular weight is 435 g/mol. The lowest BCUT2D eigenvalue weighted by Gasteiger charge is -2.22. The summed E-state index contributed by atoms with van der Waals surface area (Å²) in [6.45, 7) is -0.373. The van der Waals surface area contributed by atoms with Crippen molar-refractivity contribution in [2.24, 2.45) is 0 Å². The number of nitrogens with one attached hydrogen (secondary N) is 2. The first-order valence-electron chi connectivity index (χ1n) is 9.93. The van der Waals surface area contributed by atoms with Crippen molar-refractivity contribution in [1.82, 2.24) is 14.8 Å². The number of hydrogen-bond acceptors (Lipinski definition) is 3. The highest BCUT2D eigenvalue weighted by molar-refractivity contribution is 6.31. The minimum atomic E-state index is -1.08. The molecule has 156 valence electrons. The molecule has 2 heterocycles. The molecule has 1 unspecified atom stereocenters. The van der Waals surface area contributed by atoms with Gasteiger partial charge in [0.2, 0.25) is 5.91 Å². The molecule has 1 aromatic heterocycles. The van der Waals surface area contributed by atoms with Gasteiger partial charge >= 0.3 is 6.03 Å². The van der Waals surface area contributed by atoms with Crippen LogP contribution in [0.3, 0.4) is 0 Å². The second kappa shape index (κ2) is 7.28. The molecule has 2 N–H and O–H groups in total. The summed E-state index contributed by atoms with van der Waals surface area (Å²) in [7, 11) is 0. The van der Waals surface area contributed by atoms with Crippen LogP contribution in [0.1, 0.15) is 17.5 Å². The lowest BCUT2D eigenvalue weighted by molar-refractivity contribution is -0.134. The molecule has 5 rings (SSSR count). The quantitative estimate of drug-likeness (QED) is 0.617. The molecule has 2 aromatic carbocycles. The van der Waals surface area contributed by atoms with E-state index in [1.807, 2.05) is 53.4 Å². The summed E-state index contributed by atoms with van der Waals surface area (Å²) in [5, 5.41) is 6.16. The Balaban J connectivity index is 1.37. The van der Waals surface area contributed by atoms with E-state index in [0.717, 1.165) is 16.0 Å². The van der Waals surface area contributed by atoms with E-state index in [-0.39, 0.29) is 12.5 Å². The fourth-order valence-electron chi connectivity index (χ4n) is 4.39. The van der Waals surface area contributed by atoms with Crippen LogP contribution in [-0.4, -0.2) is 33.9 Å². The number of hydrogen-bond donors (Lipinski definition) is 2. The largest absolute Gasteiger partial charge is 0.325 e. The number of nitrogens with zero attached hydrogens (tertiary/aromatic N) is 2. The van der Waals surface area contributed by atoms with Crippen molar-refractivity contribution < 1.29 is 14.4 Å². The van der Waals surface area contributed by atoms with Gasteiger partial charge in [-0.15, -0.1) is 0 Å². The van der Waals surface area contributed by atoms with Crippen molar-refractivity contribution in [3.05, 3.63) is 83.1 Å². The van der Waals surface area contributed by atoms with E-state index in [4.69, 9.17) is 11.6 Å². The molecule has 7 nitrogen and oxygen atoms in total. The highest BCUT2D eigenvalue weighted by Crippen LogP contribution is 2.41. The normalized spacial score (nSPS) is 19.6. The summed E-state index contributed by atoms with van der Waals surface area (Å²) in [4.78, 5) is 39.6. The van der Waals surface area contributed by atoms with Crippen molar-refractivity contribution in [2.75, 3.05) is 11.9 Å². The maximum atomic E-state index is 13.2. The number of urea groups is 1. The van der Waals surface area contributed by atoms with Gasteiger partial charge in [-0.3, -0.25) is 14.5 Å². The molecule has 3 aromatic rings. The van der Waals surface area contributed by atoms with Crippen LogP contribution in [0.5, 0.6) is 0 Å². The van der Waals surface area contributed by atoms with Gasteiger partial charge in [0.25, 0.3) is 5.91 Å². The molecule has 1 saturated heterocycles. The highest BCUT2D eigenvalue weighted by Gasteiger charge is 2.55. The third kappa shape index (κ3) is 3.18. The molecule has 1 fully saturated rings. The number of aromatic nitrogens is 1. The van der Waals surface area contributed by atoms with E-state index in [1.54, 1.807) is 18.2 Å². The molecule has 31 heavy (non-hydrogen) atoms. The molecule has 0 saturated carbocycles. The van der Waals surface area contributed by atoms with Crippen LogP contribution < -0.4 is 10.6 Å². The first-order valence-corrected chi connectivity index (χ1v) is 10.3. The number of carbonyl (C=O) groups is 3. The molecule has 0 radical (unpaired) electrons. The Morgan fingerprint density at radius 2 is 1.87 bits per heavy atom. The van der Waals surface area contributed by atoms with Gasteiger partial charge < -0.3 is 15.2 Å².